The van der Waals surface area contributed by atoms with Crippen LogP contribution in [0.1, 0.15) is 55.1 Å². The third-order valence-corrected chi connectivity index (χ3v) is 6.05. The fourth-order valence-electron chi connectivity index (χ4n) is 3.93. The SMILES string of the molecule is CCCCCC[C@H](CN(C=O)OCc1ccccc1)C(=O)NCNC(=O)c1ccc(-c2ccccc2O)o1. The number of hydrogen-bond acceptors (Lipinski definition) is 6. The molecule has 0 aliphatic heterocycles. The molecule has 0 radical (unpaired) electrons. The molecule has 9 nitrogen and oxygen atoms in total. The number of furan rings is 1. The minimum Gasteiger partial charge on any atom is -0.507 e. The van der Waals surface area contributed by atoms with Crippen molar-refractivity contribution in [3.63, 3.8) is 0 Å². The van der Waals surface area contributed by atoms with Crippen molar-refractivity contribution < 1.29 is 28.7 Å². The molecule has 0 spiro atoms. The van der Waals surface area contributed by atoms with Gasteiger partial charge in [-0.2, -0.15) is 0 Å². The normalized spacial score (nSPS) is 11.5. The molecule has 0 aliphatic rings. The summed E-state index contributed by atoms with van der Waals surface area (Å²) in [5.74, 6) is -0.841. The molecule has 202 valence electrons. The number of nitrogens with zero attached hydrogens (tertiary/aromatic N) is 1. The van der Waals surface area contributed by atoms with E-state index >= 15 is 0 Å². The van der Waals surface area contributed by atoms with Crippen molar-refractivity contribution in [2.24, 2.45) is 5.92 Å². The van der Waals surface area contributed by atoms with Crippen LogP contribution in [0.3, 0.4) is 0 Å². The number of rotatable bonds is 16. The predicted molar refractivity (Wildman–Crippen MR) is 143 cm³/mol. The van der Waals surface area contributed by atoms with E-state index in [0.29, 0.717) is 24.2 Å². The molecular formula is C29H35N3O6. The molecule has 38 heavy (non-hydrogen) atoms. The van der Waals surface area contributed by atoms with E-state index in [-0.39, 0.29) is 37.2 Å². The Morgan fingerprint density at radius 3 is 2.50 bits per heavy atom. The monoisotopic (exact) mass is 521 g/mol. The molecule has 0 fully saturated rings. The number of hydrogen-bond donors (Lipinski definition) is 3. The van der Waals surface area contributed by atoms with Gasteiger partial charge in [-0.05, 0) is 36.2 Å². The van der Waals surface area contributed by atoms with Gasteiger partial charge < -0.3 is 20.2 Å². The number of phenolic OH excluding ortho intramolecular Hbond substituents is 1. The number of hydroxylamine groups is 2. The number of unbranched alkanes of at least 4 members (excludes halogenated alkanes) is 3. The molecule has 1 heterocycles. The molecule has 3 aromatic rings. The van der Waals surface area contributed by atoms with Gasteiger partial charge in [0.2, 0.25) is 12.3 Å². The molecule has 2 aromatic carbocycles. The van der Waals surface area contributed by atoms with Crippen molar-refractivity contribution in [1.82, 2.24) is 15.7 Å². The highest BCUT2D eigenvalue weighted by molar-refractivity contribution is 5.92. The number of benzene rings is 2. The number of carbonyl (C=O) groups excluding carboxylic acids is 3. The van der Waals surface area contributed by atoms with Crippen LogP contribution < -0.4 is 10.6 Å². The van der Waals surface area contributed by atoms with E-state index in [1.807, 2.05) is 30.3 Å². The minimum atomic E-state index is -0.507. The maximum Gasteiger partial charge on any atom is 0.288 e. The second-order valence-corrected chi connectivity index (χ2v) is 8.92. The Labute approximate surface area is 222 Å². The van der Waals surface area contributed by atoms with Gasteiger partial charge in [-0.3, -0.25) is 19.2 Å². The highest BCUT2D eigenvalue weighted by atomic mass is 16.7. The zero-order chi connectivity index (χ0) is 27.2. The lowest BCUT2D eigenvalue weighted by Gasteiger charge is -2.23. The molecule has 1 atom stereocenters. The van der Waals surface area contributed by atoms with Crippen molar-refractivity contribution >= 4 is 18.2 Å². The molecule has 0 saturated carbocycles. The molecule has 0 aliphatic carbocycles. The van der Waals surface area contributed by atoms with Crippen LogP contribution in [-0.2, 0) is 21.0 Å². The Morgan fingerprint density at radius 2 is 1.76 bits per heavy atom. The molecule has 3 rings (SSSR count). The second kappa shape index (κ2) is 15.2. The zero-order valence-electron chi connectivity index (χ0n) is 21.6. The summed E-state index contributed by atoms with van der Waals surface area (Å²) in [6, 6.07) is 19.2. The van der Waals surface area contributed by atoms with E-state index in [4.69, 9.17) is 9.25 Å². The first kappa shape index (κ1) is 28.5. The Morgan fingerprint density at radius 1 is 1.00 bits per heavy atom. The predicted octanol–water partition coefficient (Wildman–Crippen LogP) is 4.63. The number of aromatic hydroxyl groups is 1. The first-order valence-electron chi connectivity index (χ1n) is 12.8. The van der Waals surface area contributed by atoms with Crippen molar-refractivity contribution in [3.05, 3.63) is 78.1 Å². The zero-order valence-corrected chi connectivity index (χ0v) is 21.6. The third kappa shape index (κ3) is 8.77. The number of phenols is 1. The van der Waals surface area contributed by atoms with Crippen molar-refractivity contribution in [2.75, 3.05) is 13.2 Å². The van der Waals surface area contributed by atoms with Gasteiger partial charge >= 0.3 is 0 Å². The fourth-order valence-corrected chi connectivity index (χ4v) is 3.93. The van der Waals surface area contributed by atoms with E-state index in [1.54, 1.807) is 24.3 Å². The standard InChI is InChI=1S/C29H35N3O6/c1-2-3-4-8-13-23(18-32(21-33)37-19-22-11-6-5-7-12-22)28(35)30-20-31-29(36)27-17-16-26(38-27)24-14-9-10-15-25(24)34/h5-7,9-12,14-17,21,23,34H,2-4,8,13,18-20H2,1H3,(H,30,35)(H,31,36)/t23-/m1/s1. The van der Waals surface area contributed by atoms with Crippen LogP contribution >= 0.6 is 0 Å². The van der Waals surface area contributed by atoms with E-state index in [1.165, 1.54) is 12.1 Å². The summed E-state index contributed by atoms with van der Waals surface area (Å²) >= 11 is 0. The molecule has 1 aromatic heterocycles. The first-order chi connectivity index (χ1) is 18.5. The van der Waals surface area contributed by atoms with E-state index < -0.39 is 11.8 Å². The van der Waals surface area contributed by atoms with Gasteiger partial charge in [0.25, 0.3) is 5.91 Å². The van der Waals surface area contributed by atoms with Gasteiger partial charge in [0.05, 0.1) is 24.7 Å². The van der Waals surface area contributed by atoms with E-state index in [9.17, 15) is 19.5 Å². The number of carbonyl (C=O) groups is 3. The summed E-state index contributed by atoms with van der Waals surface area (Å²) in [7, 11) is 0. The highest BCUT2D eigenvalue weighted by Crippen LogP contribution is 2.30. The summed E-state index contributed by atoms with van der Waals surface area (Å²) < 4.78 is 5.58. The number of amides is 3. The van der Waals surface area contributed by atoms with Gasteiger partial charge in [-0.25, -0.2) is 5.06 Å². The molecule has 3 amide bonds. The van der Waals surface area contributed by atoms with Crippen LogP contribution in [0.4, 0.5) is 0 Å². The quantitative estimate of drug-likeness (QED) is 0.109. The van der Waals surface area contributed by atoms with Crippen LogP contribution in [0.25, 0.3) is 11.3 Å². The van der Waals surface area contributed by atoms with Crippen molar-refractivity contribution in [1.29, 1.82) is 0 Å². The Kier molecular flexibility index (Phi) is 11.4. The molecule has 9 heteroatoms. The minimum absolute atomic E-state index is 0.0446. The summed E-state index contributed by atoms with van der Waals surface area (Å²) in [4.78, 5) is 42.7. The topological polar surface area (TPSA) is 121 Å². The van der Waals surface area contributed by atoms with Crippen molar-refractivity contribution in [3.8, 4) is 17.1 Å². The number of para-hydroxylation sites is 1. The van der Waals surface area contributed by atoms with Crippen LogP contribution in [0.15, 0.2) is 71.1 Å². The molecule has 0 unspecified atom stereocenters. The Hall–Kier alpha value is -4.11. The smallest absolute Gasteiger partial charge is 0.288 e. The molecule has 0 bridgehead atoms. The molecular weight excluding hydrogens is 486 g/mol. The third-order valence-electron chi connectivity index (χ3n) is 6.05. The van der Waals surface area contributed by atoms with E-state index in [2.05, 4.69) is 17.6 Å². The van der Waals surface area contributed by atoms with Gasteiger partial charge in [-0.1, -0.05) is 75.1 Å². The molecule has 0 saturated heterocycles. The van der Waals surface area contributed by atoms with Crippen molar-refractivity contribution in [2.45, 2.75) is 45.6 Å². The average molecular weight is 522 g/mol. The lowest BCUT2D eigenvalue weighted by Crippen LogP contribution is -2.43. The van der Waals surface area contributed by atoms with Gasteiger partial charge in [0, 0.05) is 0 Å². The largest absolute Gasteiger partial charge is 0.507 e. The maximum absolute atomic E-state index is 13.0. The summed E-state index contributed by atoms with van der Waals surface area (Å²) in [6.45, 7) is 2.32. The second-order valence-electron chi connectivity index (χ2n) is 8.92. The highest BCUT2D eigenvalue weighted by Gasteiger charge is 2.22. The van der Waals surface area contributed by atoms with Crippen LogP contribution in [0.2, 0.25) is 0 Å². The van der Waals surface area contributed by atoms with Gasteiger partial charge in [0.1, 0.15) is 18.1 Å². The summed E-state index contributed by atoms with van der Waals surface area (Å²) in [5.41, 5.74) is 1.38. The van der Waals surface area contributed by atoms with Gasteiger partial charge in [-0.15, -0.1) is 0 Å². The van der Waals surface area contributed by atoms with E-state index in [0.717, 1.165) is 36.3 Å². The summed E-state index contributed by atoms with van der Waals surface area (Å²) in [5, 5.41) is 16.5. The lowest BCUT2D eigenvalue weighted by atomic mass is 9.99. The average Bonchev–Trinajstić information content (AvgIpc) is 3.43. The van der Waals surface area contributed by atoms with Crippen LogP contribution in [0.5, 0.6) is 5.75 Å². The lowest BCUT2D eigenvalue weighted by molar-refractivity contribution is -0.182. The molecule has 3 N–H and O–H groups in total. The number of nitrogens with one attached hydrogen (secondary N) is 2. The fraction of sp³-hybridized carbons (Fsp3) is 0.345. The Balaban J connectivity index is 1.53. The summed E-state index contributed by atoms with van der Waals surface area (Å²) in [6.07, 6.45) is 5.13. The maximum atomic E-state index is 13.0. The van der Waals surface area contributed by atoms with Crippen LogP contribution in [0, 0.1) is 5.92 Å². The first-order valence-corrected chi connectivity index (χ1v) is 12.8. The van der Waals surface area contributed by atoms with Crippen LogP contribution in [-0.4, -0.2) is 41.6 Å². The van der Waals surface area contributed by atoms with Gasteiger partial charge in [0.15, 0.2) is 5.76 Å². The Bertz CT molecular complexity index is 1160.